The molecular weight excluding hydrogens is 359 g/mol. The summed E-state index contributed by atoms with van der Waals surface area (Å²) in [5, 5.41) is 9.53. The van der Waals surface area contributed by atoms with Crippen LogP contribution in [0.4, 0.5) is 4.39 Å². The van der Waals surface area contributed by atoms with Gasteiger partial charge in [0.1, 0.15) is 5.82 Å². The molecule has 130 valence electrons. The number of nitrogens with one attached hydrogen (secondary N) is 1. The normalized spacial score (nSPS) is 12.1. The predicted molar refractivity (Wildman–Crippen MR) is 98.0 cm³/mol. The van der Waals surface area contributed by atoms with Gasteiger partial charge in [-0.3, -0.25) is 9.89 Å². The molecule has 3 aromatic rings. The third-order valence-corrected chi connectivity index (χ3v) is 5.58. The van der Waals surface area contributed by atoms with Crippen molar-refractivity contribution in [2.45, 2.75) is 18.1 Å². The summed E-state index contributed by atoms with van der Waals surface area (Å²) in [6, 6.07) is 9.96. The maximum Gasteiger partial charge on any atom is 0.233 e. The standard InChI is InChI=1S/C17H17FN4OS2/c1-11(12-5-7-13(18)8-6-12)22(2)15(23)10-25-17-19-16(20-21-17)14-4-3-9-24-14/h3-9,11H,10H2,1-2H3,(H,19,20,21). The summed E-state index contributed by atoms with van der Waals surface area (Å²) in [6.45, 7) is 1.91. The van der Waals surface area contributed by atoms with E-state index in [1.54, 1.807) is 35.4 Å². The van der Waals surface area contributed by atoms with E-state index in [1.807, 2.05) is 24.4 Å². The molecule has 0 aliphatic heterocycles. The molecule has 0 saturated carbocycles. The summed E-state index contributed by atoms with van der Waals surface area (Å²) in [4.78, 5) is 19.4. The molecule has 1 unspecified atom stereocenters. The first kappa shape index (κ1) is 17.6. The number of thioether (sulfide) groups is 1. The fourth-order valence-corrected chi connectivity index (χ4v) is 3.63. The number of carbonyl (C=O) groups excluding carboxylic acids is 1. The van der Waals surface area contributed by atoms with E-state index < -0.39 is 0 Å². The summed E-state index contributed by atoms with van der Waals surface area (Å²) in [7, 11) is 1.74. The van der Waals surface area contributed by atoms with Crippen molar-refractivity contribution >= 4 is 29.0 Å². The topological polar surface area (TPSA) is 61.9 Å². The molecule has 0 bridgehead atoms. The zero-order chi connectivity index (χ0) is 17.8. The van der Waals surface area contributed by atoms with Gasteiger partial charge in [-0.2, -0.15) is 0 Å². The fraction of sp³-hybridized carbons (Fsp3) is 0.235. The highest BCUT2D eigenvalue weighted by atomic mass is 32.2. The summed E-state index contributed by atoms with van der Waals surface area (Å²) in [5.74, 6) is 0.623. The van der Waals surface area contributed by atoms with Gasteiger partial charge in [0.2, 0.25) is 11.1 Å². The maximum absolute atomic E-state index is 13.0. The van der Waals surface area contributed by atoms with Crippen LogP contribution < -0.4 is 0 Å². The Labute approximate surface area is 153 Å². The number of carbonyl (C=O) groups is 1. The molecule has 0 fully saturated rings. The molecule has 2 heterocycles. The van der Waals surface area contributed by atoms with Gasteiger partial charge < -0.3 is 4.90 Å². The van der Waals surface area contributed by atoms with Crippen molar-refractivity contribution in [2.24, 2.45) is 0 Å². The van der Waals surface area contributed by atoms with Crippen molar-refractivity contribution in [1.29, 1.82) is 0 Å². The Morgan fingerprint density at radius 1 is 1.36 bits per heavy atom. The molecule has 1 N–H and O–H groups in total. The molecule has 0 saturated heterocycles. The van der Waals surface area contributed by atoms with E-state index in [9.17, 15) is 9.18 Å². The number of aromatic nitrogens is 3. The summed E-state index contributed by atoms with van der Waals surface area (Å²) in [6.07, 6.45) is 0. The van der Waals surface area contributed by atoms with Crippen LogP contribution in [-0.4, -0.2) is 38.8 Å². The fourth-order valence-electron chi connectivity index (χ4n) is 2.24. The largest absolute Gasteiger partial charge is 0.338 e. The van der Waals surface area contributed by atoms with Gasteiger partial charge in [-0.25, -0.2) is 9.37 Å². The Kier molecular flexibility index (Phi) is 5.50. The number of thiophene rings is 1. The van der Waals surface area contributed by atoms with Crippen LogP contribution in [0.1, 0.15) is 18.5 Å². The van der Waals surface area contributed by atoms with Crippen molar-refractivity contribution < 1.29 is 9.18 Å². The lowest BCUT2D eigenvalue weighted by atomic mass is 10.1. The van der Waals surface area contributed by atoms with Crippen LogP contribution in [0.15, 0.2) is 46.9 Å². The van der Waals surface area contributed by atoms with E-state index in [0.717, 1.165) is 10.4 Å². The summed E-state index contributed by atoms with van der Waals surface area (Å²) >= 11 is 2.87. The van der Waals surface area contributed by atoms with Gasteiger partial charge >= 0.3 is 0 Å². The number of amides is 1. The second-order valence-corrected chi connectivity index (χ2v) is 7.35. The first-order valence-electron chi connectivity index (χ1n) is 7.65. The van der Waals surface area contributed by atoms with Crippen LogP contribution in [-0.2, 0) is 4.79 Å². The molecule has 5 nitrogen and oxygen atoms in total. The molecule has 0 aliphatic rings. The van der Waals surface area contributed by atoms with Crippen molar-refractivity contribution in [1.82, 2.24) is 20.1 Å². The first-order chi connectivity index (χ1) is 12.0. The van der Waals surface area contributed by atoms with Gasteiger partial charge in [-0.15, -0.1) is 16.4 Å². The molecule has 2 aromatic heterocycles. The molecular formula is C17H17FN4OS2. The van der Waals surface area contributed by atoms with Crippen LogP contribution in [0.25, 0.3) is 10.7 Å². The number of H-pyrrole nitrogens is 1. The third-order valence-electron chi connectivity index (χ3n) is 3.87. The highest BCUT2D eigenvalue weighted by molar-refractivity contribution is 7.99. The number of hydrogen-bond acceptors (Lipinski definition) is 5. The average molecular weight is 376 g/mol. The lowest BCUT2D eigenvalue weighted by Gasteiger charge is -2.25. The van der Waals surface area contributed by atoms with Gasteiger partial charge in [0.25, 0.3) is 0 Å². The summed E-state index contributed by atoms with van der Waals surface area (Å²) in [5.41, 5.74) is 0.889. The molecule has 1 amide bonds. The predicted octanol–water partition coefficient (Wildman–Crippen LogP) is 3.98. The van der Waals surface area contributed by atoms with Crippen molar-refractivity contribution in [3.63, 3.8) is 0 Å². The monoisotopic (exact) mass is 376 g/mol. The average Bonchev–Trinajstić information content (AvgIpc) is 3.30. The molecule has 0 aliphatic carbocycles. The number of nitrogens with zero attached hydrogens (tertiary/aromatic N) is 3. The van der Waals surface area contributed by atoms with Gasteiger partial charge in [-0.1, -0.05) is 30.0 Å². The Balaban J connectivity index is 1.57. The van der Waals surface area contributed by atoms with E-state index in [2.05, 4.69) is 15.2 Å². The van der Waals surface area contributed by atoms with Crippen molar-refractivity contribution in [3.8, 4) is 10.7 Å². The zero-order valence-corrected chi connectivity index (χ0v) is 15.4. The van der Waals surface area contributed by atoms with Crippen LogP contribution in [0.3, 0.4) is 0 Å². The van der Waals surface area contributed by atoms with Crippen LogP contribution >= 0.6 is 23.1 Å². The van der Waals surface area contributed by atoms with E-state index in [4.69, 9.17) is 0 Å². The maximum atomic E-state index is 13.0. The van der Waals surface area contributed by atoms with Gasteiger partial charge in [-0.05, 0) is 36.1 Å². The number of hydrogen-bond donors (Lipinski definition) is 1. The van der Waals surface area contributed by atoms with Gasteiger partial charge in [0, 0.05) is 7.05 Å². The third kappa shape index (κ3) is 4.26. The Hall–Kier alpha value is -2.19. The summed E-state index contributed by atoms with van der Waals surface area (Å²) < 4.78 is 13.0. The Morgan fingerprint density at radius 3 is 2.80 bits per heavy atom. The minimum absolute atomic E-state index is 0.0377. The second-order valence-electron chi connectivity index (χ2n) is 5.46. The smallest absolute Gasteiger partial charge is 0.233 e. The molecule has 0 radical (unpaired) electrons. The van der Waals surface area contributed by atoms with Crippen molar-refractivity contribution in [2.75, 3.05) is 12.8 Å². The van der Waals surface area contributed by atoms with Crippen LogP contribution in [0.5, 0.6) is 0 Å². The molecule has 3 rings (SSSR count). The first-order valence-corrected chi connectivity index (χ1v) is 9.51. The Bertz CT molecular complexity index is 833. The van der Waals surface area contributed by atoms with Crippen molar-refractivity contribution in [3.05, 3.63) is 53.2 Å². The van der Waals surface area contributed by atoms with E-state index in [1.165, 1.54) is 23.9 Å². The quantitative estimate of drug-likeness (QED) is 0.661. The van der Waals surface area contributed by atoms with Crippen LogP contribution in [0.2, 0.25) is 0 Å². The van der Waals surface area contributed by atoms with Gasteiger partial charge in [0.15, 0.2) is 5.82 Å². The molecule has 1 aromatic carbocycles. The Morgan fingerprint density at radius 2 is 2.12 bits per heavy atom. The molecule has 0 spiro atoms. The molecule has 25 heavy (non-hydrogen) atoms. The highest BCUT2D eigenvalue weighted by Crippen LogP contribution is 2.24. The highest BCUT2D eigenvalue weighted by Gasteiger charge is 2.18. The van der Waals surface area contributed by atoms with Crippen LogP contribution in [0, 0.1) is 5.82 Å². The second kappa shape index (κ2) is 7.79. The van der Waals surface area contributed by atoms with E-state index in [-0.39, 0.29) is 23.5 Å². The number of aromatic amines is 1. The number of halogens is 1. The number of benzene rings is 1. The van der Waals surface area contributed by atoms with Gasteiger partial charge in [0.05, 0.1) is 16.7 Å². The molecule has 8 heteroatoms. The molecule has 1 atom stereocenters. The number of rotatable bonds is 6. The zero-order valence-electron chi connectivity index (χ0n) is 13.8. The van der Waals surface area contributed by atoms with E-state index >= 15 is 0 Å². The lowest BCUT2D eigenvalue weighted by Crippen LogP contribution is -2.31. The van der Waals surface area contributed by atoms with E-state index in [0.29, 0.717) is 11.0 Å². The minimum Gasteiger partial charge on any atom is -0.338 e. The SMILES string of the molecule is CC(c1ccc(F)cc1)N(C)C(=O)CSc1n[nH]c(-c2cccs2)n1. The lowest BCUT2D eigenvalue weighted by molar-refractivity contribution is -0.128. The minimum atomic E-state index is -0.286.